The Hall–Kier alpha value is -9.80. The van der Waals surface area contributed by atoms with E-state index in [2.05, 4.69) is 48.6 Å². The van der Waals surface area contributed by atoms with Gasteiger partial charge in [-0.1, -0.05) is 0 Å². The van der Waals surface area contributed by atoms with Crippen molar-refractivity contribution in [1.82, 2.24) is 83.1 Å². The van der Waals surface area contributed by atoms with Crippen molar-refractivity contribution in [3.05, 3.63) is 152 Å². The van der Waals surface area contributed by atoms with Crippen molar-refractivity contribution >= 4 is 63.7 Å². The normalized spacial score (nSPS) is 21.2. The van der Waals surface area contributed by atoms with Crippen molar-refractivity contribution in [2.45, 2.75) is 169 Å². The van der Waals surface area contributed by atoms with Gasteiger partial charge in [0.25, 0.3) is 23.5 Å². The van der Waals surface area contributed by atoms with Crippen LogP contribution in [0.3, 0.4) is 0 Å². The minimum absolute atomic E-state index is 0.0705. The van der Waals surface area contributed by atoms with E-state index in [0.29, 0.717) is 47.7 Å². The number of pyridine rings is 1. The van der Waals surface area contributed by atoms with Gasteiger partial charge in [0.2, 0.25) is 5.82 Å². The summed E-state index contributed by atoms with van der Waals surface area (Å²) >= 11 is 0. The quantitative estimate of drug-likeness (QED) is 0.107. The molecule has 6 saturated heterocycles. The maximum Gasteiger partial charge on any atom is 0.294 e. The molecule has 8 N–H and O–H groups in total. The summed E-state index contributed by atoms with van der Waals surface area (Å²) in [7, 11) is 0. The van der Waals surface area contributed by atoms with Gasteiger partial charge in [0.05, 0.1) is 40.8 Å². The van der Waals surface area contributed by atoms with Crippen LogP contribution in [0.1, 0.15) is 188 Å². The van der Waals surface area contributed by atoms with Crippen LogP contribution in [0.5, 0.6) is 0 Å². The second-order valence-electron chi connectivity index (χ2n) is 28.4. The molecule has 16 rings (SSSR count). The molecule has 10 aromatic rings. The first-order chi connectivity index (χ1) is 48.1. The first-order valence-corrected chi connectivity index (χ1v) is 35.3. The number of nitrogen functional groups attached to an aromatic ring is 1. The number of aryl methyl sites for hydroxylation is 8. The molecule has 6 aliphatic rings. The number of hydrogen-bond acceptors (Lipinski definition) is 20. The number of anilines is 4. The van der Waals surface area contributed by atoms with E-state index >= 15 is 0 Å². The number of amides is 3. The first kappa shape index (κ1) is 67.4. The molecule has 1 aromatic carbocycles. The number of carbonyl (C=O) groups excluding carboxylic acids is 3. The summed E-state index contributed by atoms with van der Waals surface area (Å²) in [5, 5.41) is 18.9. The average molecular weight is 1360 g/mol. The standard InChI is InChI=1S/C25H31FN6O.C24H30N10O.C23H30N8O/c1-15-10-18(11-16(2)23(15)26)25(33)31-8-5-4-6-21(31)20-12-22-28-24(17(3)13-32(22)29-20)30-9-7-19(27)14-30;1-14-12-33-20(27-22(14)31-9-7-17(25)13-31)11-18(29-33)19-6-4-5-8-32(19)23(35)21-28-24-26-15(2)10-16(3)34(24)30-21;1-14-9-17(21(25)26-11-14)23(32)30-7-4-3-5-19(30)18-10-20-27-22(15(2)12-31(20)28-18)29-8-6-16(24)13-29/h10-13,19,21H,4-9,14,27H2,1-3H3;10-12,17,19H,4-9,13,25H2,1-3H3;9-12,16,19H,3-8,13,24H2,1-2H3,(H2,25,26)/t19-,21-;17-,19-;16-,19-/m000/s1. The smallest absolute Gasteiger partial charge is 0.294 e. The summed E-state index contributed by atoms with van der Waals surface area (Å²) in [5.74, 6) is 3.16. The summed E-state index contributed by atoms with van der Waals surface area (Å²) in [5.41, 5.74) is 37.1. The van der Waals surface area contributed by atoms with Gasteiger partial charge in [0.1, 0.15) is 29.1 Å². The predicted octanol–water partition coefficient (Wildman–Crippen LogP) is 7.92. The topological polar surface area (TPSA) is 321 Å². The highest BCUT2D eigenvalue weighted by Crippen LogP contribution is 2.37. The SMILES string of the molecule is Cc1cc(C)n2nc(C(=O)N3CCCC[C@H]3c3cc4nc(N5CC[C@H](N)C5)c(C)cn4n3)nc2n1.Cc1cn2nc([C@@H]3CCCCN3C(=O)c3cc(C)c(F)c(C)c3)cc2nc1N1CC[C@H](N)C1.Cc1cnc(N)c(C(=O)N2CCCC[C@H]2c2cc3nc(N4CC[C@H](N)C4)c(C)cn3n2)c1. The molecule has 0 unspecified atom stereocenters. The number of hydrogen-bond donors (Lipinski definition) is 4. The van der Waals surface area contributed by atoms with Gasteiger partial charge >= 0.3 is 0 Å². The van der Waals surface area contributed by atoms with E-state index in [1.54, 1.807) is 36.7 Å². The van der Waals surface area contributed by atoms with Crippen molar-refractivity contribution in [1.29, 1.82) is 0 Å². The minimum atomic E-state index is -0.252. The van der Waals surface area contributed by atoms with Crippen LogP contribution in [0.2, 0.25) is 0 Å². The van der Waals surface area contributed by atoms with Crippen LogP contribution in [-0.2, 0) is 0 Å². The van der Waals surface area contributed by atoms with Crippen LogP contribution in [0.15, 0.2) is 67.3 Å². The molecule has 6 aliphatic heterocycles. The van der Waals surface area contributed by atoms with E-state index < -0.39 is 0 Å². The third-order valence-corrected chi connectivity index (χ3v) is 20.5. The van der Waals surface area contributed by atoms with Gasteiger partial charge in [-0.25, -0.2) is 47.4 Å². The molecule has 28 heteroatoms. The molecule has 0 radical (unpaired) electrons. The van der Waals surface area contributed by atoms with Gasteiger partial charge in [0.15, 0.2) is 16.9 Å². The number of piperidine rings is 3. The van der Waals surface area contributed by atoms with Gasteiger partial charge in [0, 0.05) is 154 Å². The van der Waals surface area contributed by atoms with Gasteiger partial charge in [-0.2, -0.15) is 20.3 Å². The van der Waals surface area contributed by atoms with Crippen LogP contribution in [0.4, 0.5) is 27.7 Å². The summed E-state index contributed by atoms with van der Waals surface area (Å²) in [6.07, 6.45) is 19.2. The van der Waals surface area contributed by atoms with Crippen LogP contribution in [0.25, 0.3) is 22.7 Å². The Kier molecular flexibility index (Phi) is 18.7. The Morgan fingerprint density at radius 2 is 0.880 bits per heavy atom. The lowest BCUT2D eigenvalue weighted by atomic mass is 9.97. The van der Waals surface area contributed by atoms with Crippen molar-refractivity contribution < 1.29 is 18.8 Å². The van der Waals surface area contributed by atoms with E-state index in [0.717, 1.165) is 201 Å². The predicted molar refractivity (Wildman–Crippen MR) is 380 cm³/mol. The highest BCUT2D eigenvalue weighted by molar-refractivity contribution is 5.99. The highest BCUT2D eigenvalue weighted by Gasteiger charge is 2.37. The largest absolute Gasteiger partial charge is 0.383 e. The average Bonchev–Trinajstić information content (AvgIpc) is 1.63. The maximum absolute atomic E-state index is 14.1. The molecule has 0 aliphatic carbocycles. The van der Waals surface area contributed by atoms with E-state index in [4.69, 9.17) is 53.2 Å². The molecule has 0 saturated carbocycles. The highest BCUT2D eigenvalue weighted by atomic mass is 19.1. The van der Waals surface area contributed by atoms with Crippen molar-refractivity contribution in [2.75, 3.05) is 79.3 Å². The molecule has 0 spiro atoms. The van der Waals surface area contributed by atoms with E-state index in [1.165, 1.54) is 0 Å². The maximum atomic E-state index is 14.1. The number of carbonyl (C=O) groups is 3. The number of nitrogens with zero attached hydrogens (tertiary/aromatic N) is 20. The number of halogens is 1. The van der Waals surface area contributed by atoms with E-state index in [-0.39, 0.29) is 71.4 Å². The van der Waals surface area contributed by atoms with Crippen LogP contribution < -0.4 is 37.6 Å². The fourth-order valence-corrected chi connectivity index (χ4v) is 15.4. The molecule has 3 amide bonds. The van der Waals surface area contributed by atoms with E-state index in [9.17, 15) is 18.8 Å². The minimum Gasteiger partial charge on any atom is -0.383 e. The lowest BCUT2D eigenvalue weighted by Crippen LogP contribution is -2.39. The van der Waals surface area contributed by atoms with Gasteiger partial charge in [-0.3, -0.25) is 14.4 Å². The molecule has 524 valence electrons. The molecule has 6 fully saturated rings. The summed E-state index contributed by atoms with van der Waals surface area (Å²) in [4.78, 5) is 80.6. The fourth-order valence-electron chi connectivity index (χ4n) is 15.4. The molecule has 9 aromatic heterocycles. The number of aromatic nitrogens is 14. The monoisotopic (exact) mass is 1360 g/mol. The number of nitrogens with two attached hydrogens (primary N) is 4. The Balaban J connectivity index is 0.000000128. The van der Waals surface area contributed by atoms with Crippen LogP contribution in [-0.4, -0.2) is 178 Å². The molecule has 6 atom stereocenters. The van der Waals surface area contributed by atoms with Crippen LogP contribution in [0, 0.1) is 61.2 Å². The fraction of sp³-hybridized carbons (Fsp3) is 0.486. The Morgan fingerprint density at radius 3 is 1.30 bits per heavy atom. The lowest BCUT2D eigenvalue weighted by molar-refractivity contribution is 0.0589. The molecule has 100 heavy (non-hydrogen) atoms. The van der Waals surface area contributed by atoms with Crippen LogP contribution >= 0.6 is 0 Å². The van der Waals surface area contributed by atoms with Gasteiger partial charge < -0.3 is 52.3 Å². The second-order valence-corrected chi connectivity index (χ2v) is 28.4. The van der Waals surface area contributed by atoms with E-state index in [1.807, 2.05) is 105 Å². The molecular formula is C72H91FN24O3. The third kappa shape index (κ3) is 13.5. The van der Waals surface area contributed by atoms with Crippen molar-refractivity contribution in [3.8, 4) is 0 Å². The molecule has 0 bridgehead atoms. The Labute approximate surface area is 580 Å². The summed E-state index contributed by atoms with van der Waals surface area (Å²) in [6, 6.07) is 13.2. The van der Waals surface area contributed by atoms with Crippen molar-refractivity contribution in [2.24, 2.45) is 17.2 Å². The van der Waals surface area contributed by atoms with Crippen molar-refractivity contribution in [3.63, 3.8) is 0 Å². The number of likely N-dealkylation sites (tertiary alicyclic amines) is 3. The Bertz CT molecular complexity index is 4750. The molecule has 15 heterocycles. The zero-order valence-electron chi connectivity index (χ0n) is 58.5. The number of fused-ring (bicyclic) bond motifs is 4. The zero-order chi connectivity index (χ0) is 69.9. The third-order valence-electron chi connectivity index (χ3n) is 20.5. The summed E-state index contributed by atoms with van der Waals surface area (Å²) in [6.45, 7) is 22.5. The number of rotatable bonds is 9. The zero-order valence-corrected chi connectivity index (χ0v) is 58.5. The van der Waals surface area contributed by atoms with Gasteiger partial charge in [-0.05, 0) is 173 Å². The summed E-state index contributed by atoms with van der Waals surface area (Å²) < 4.78 is 21.2. The molecule has 27 nitrogen and oxygen atoms in total. The van der Waals surface area contributed by atoms with Gasteiger partial charge in [-0.15, -0.1) is 5.10 Å². The first-order valence-electron chi connectivity index (χ1n) is 35.3. The Morgan fingerprint density at radius 1 is 0.460 bits per heavy atom. The number of benzene rings is 1. The second kappa shape index (κ2) is 27.7. The lowest BCUT2D eigenvalue weighted by Gasteiger charge is -2.35. The molecular weight excluding hydrogens is 1270 g/mol.